The molecule has 0 amide bonds. The molecule has 1 unspecified atom stereocenters. The van der Waals surface area contributed by atoms with Crippen molar-refractivity contribution in [3.8, 4) is 11.5 Å². The van der Waals surface area contributed by atoms with E-state index >= 15 is 0 Å². The molecule has 0 radical (unpaired) electrons. The zero-order valence-corrected chi connectivity index (χ0v) is 9.12. The number of hydrogen-bond acceptors (Lipinski definition) is 3. The van der Waals surface area contributed by atoms with Crippen LogP contribution in [-0.4, -0.2) is 16.8 Å². The van der Waals surface area contributed by atoms with Crippen molar-refractivity contribution in [1.29, 1.82) is 0 Å². The summed E-state index contributed by atoms with van der Waals surface area (Å²) in [4.78, 5) is 0. The van der Waals surface area contributed by atoms with Gasteiger partial charge >= 0.3 is 0 Å². The Morgan fingerprint density at radius 1 is 1.33 bits per heavy atom. The molecule has 3 nitrogen and oxygen atoms in total. The zero-order valence-electron chi connectivity index (χ0n) is 9.12. The first-order valence-electron chi connectivity index (χ1n) is 4.89. The maximum absolute atomic E-state index is 9.31. The van der Waals surface area contributed by atoms with E-state index < -0.39 is 0 Å². The van der Waals surface area contributed by atoms with Gasteiger partial charge in [-0.2, -0.15) is 0 Å². The molecule has 82 valence electrons. The van der Waals surface area contributed by atoms with Crippen LogP contribution in [0.4, 0.5) is 0 Å². The van der Waals surface area contributed by atoms with Crippen LogP contribution in [0.1, 0.15) is 25.5 Å². The maximum Gasteiger partial charge on any atom is 0.119 e. The highest BCUT2D eigenvalue weighted by Crippen LogP contribution is 2.24. The molecular weight excluding hydrogens is 190 g/mol. The van der Waals surface area contributed by atoms with Gasteiger partial charge in [0.05, 0.1) is 0 Å². The van der Waals surface area contributed by atoms with Crippen LogP contribution < -0.4 is 5.32 Å². The number of aromatic hydroxyl groups is 2. The van der Waals surface area contributed by atoms with Crippen LogP contribution >= 0.6 is 0 Å². The van der Waals surface area contributed by atoms with Crippen LogP contribution in [0, 0.1) is 0 Å². The van der Waals surface area contributed by atoms with E-state index in [-0.39, 0.29) is 17.5 Å². The standard InChI is InChI=1S/C12H17NO2/c1-8(2)7-13-9(3)10-4-11(14)6-12(15)5-10/h4-6,9,13-15H,1,7H2,2-3H3. The number of hydrogen-bond donors (Lipinski definition) is 3. The Balaban J connectivity index is 2.72. The van der Waals surface area contributed by atoms with Gasteiger partial charge in [-0.1, -0.05) is 12.2 Å². The number of nitrogens with one attached hydrogen (secondary N) is 1. The molecule has 0 aliphatic carbocycles. The molecule has 15 heavy (non-hydrogen) atoms. The van der Waals surface area contributed by atoms with E-state index in [1.54, 1.807) is 12.1 Å². The van der Waals surface area contributed by atoms with E-state index in [2.05, 4.69) is 11.9 Å². The quantitative estimate of drug-likeness (QED) is 0.664. The molecule has 1 aromatic carbocycles. The summed E-state index contributed by atoms with van der Waals surface area (Å²) >= 11 is 0. The molecule has 3 heteroatoms. The third-order valence-electron chi connectivity index (χ3n) is 2.13. The van der Waals surface area contributed by atoms with Gasteiger partial charge in [0.1, 0.15) is 11.5 Å². The van der Waals surface area contributed by atoms with Crippen LogP contribution in [0.15, 0.2) is 30.4 Å². The average molecular weight is 207 g/mol. The van der Waals surface area contributed by atoms with Crippen LogP contribution in [0.5, 0.6) is 11.5 Å². The lowest BCUT2D eigenvalue weighted by atomic mass is 10.1. The van der Waals surface area contributed by atoms with Gasteiger partial charge < -0.3 is 15.5 Å². The maximum atomic E-state index is 9.31. The lowest BCUT2D eigenvalue weighted by molar-refractivity contribution is 0.446. The summed E-state index contributed by atoms with van der Waals surface area (Å²) in [6.07, 6.45) is 0. The largest absolute Gasteiger partial charge is 0.508 e. The van der Waals surface area contributed by atoms with Gasteiger partial charge in [0.25, 0.3) is 0 Å². The van der Waals surface area contributed by atoms with Gasteiger partial charge in [-0.05, 0) is 31.5 Å². The second-order valence-corrected chi connectivity index (χ2v) is 3.84. The SMILES string of the molecule is C=C(C)CNC(C)c1cc(O)cc(O)c1. The van der Waals surface area contributed by atoms with Crippen molar-refractivity contribution in [2.45, 2.75) is 19.9 Å². The molecule has 0 heterocycles. The molecule has 1 aromatic rings. The van der Waals surface area contributed by atoms with Crippen molar-refractivity contribution in [2.24, 2.45) is 0 Å². The molecule has 1 rings (SSSR count). The summed E-state index contributed by atoms with van der Waals surface area (Å²) < 4.78 is 0. The van der Waals surface area contributed by atoms with E-state index in [0.29, 0.717) is 0 Å². The predicted molar refractivity (Wildman–Crippen MR) is 61.0 cm³/mol. The fourth-order valence-electron chi connectivity index (χ4n) is 1.31. The summed E-state index contributed by atoms with van der Waals surface area (Å²) in [5.74, 6) is 0.156. The first kappa shape index (κ1) is 11.6. The summed E-state index contributed by atoms with van der Waals surface area (Å²) in [6, 6.07) is 4.65. The highest BCUT2D eigenvalue weighted by molar-refractivity contribution is 5.37. The Morgan fingerprint density at radius 3 is 2.33 bits per heavy atom. The van der Waals surface area contributed by atoms with Crippen molar-refractivity contribution >= 4 is 0 Å². The molecule has 0 aromatic heterocycles. The topological polar surface area (TPSA) is 52.5 Å². The molecule has 0 saturated carbocycles. The van der Waals surface area contributed by atoms with Crippen molar-refractivity contribution in [3.63, 3.8) is 0 Å². The van der Waals surface area contributed by atoms with Crippen LogP contribution in [-0.2, 0) is 0 Å². The molecule has 0 spiro atoms. The number of rotatable bonds is 4. The van der Waals surface area contributed by atoms with Crippen molar-refractivity contribution in [3.05, 3.63) is 35.9 Å². The Kier molecular flexibility index (Phi) is 3.74. The summed E-state index contributed by atoms with van der Waals surface area (Å²) in [5, 5.41) is 21.9. The second-order valence-electron chi connectivity index (χ2n) is 3.84. The first-order valence-corrected chi connectivity index (χ1v) is 4.89. The zero-order chi connectivity index (χ0) is 11.4. The fraction of sp³-hybridized carbons (Fsp3) is 0.333. The third kappa shape index (κ3) is 3.64. The van der Waals surface area contributed by atoms with E-state index in [1.165, 1.54) is 6.07 Å². The smallest absolute Gasteiger partial charge is 0.119 e. The van der Waals surface area contributed by atoms with Crippen LogP contribution in [0.2, 0.25) is 0 Å². The highest BCUT2D eigenvalue weighted by Gasteiger charge is 2.07. The molecule has 0 saturated heterocycles. The molecule has 1 atom stereocenters. The van der Waals surface area contributed by atoms with Gasteiger partial charge in [-0.15, -0.1) is 0 Å². The Labute approximate surface area is 90.1 Å². The van der Waals surface area contributed by atoms with Gasteiger partial charge in [0, 0.05) is 18.7 Å². The van der Waals surface area contributed by atoms with E-state index in [1.807, 2.05) is 13.8 Å². The van der Waals surface area contributed by atoms with Crippen molar-refractivity contribution in [1.82, 2.24) is 5.32 Å². The Hall–Kier alpha value is -1.48. The monoisotopic (exact) mass is 207 g/mol. The fourth-order valence-corrected chi connectivity index (χ4v) is 1.31. The molecular formula is C12H17NO2. The van der Waals surface area contributed by atoms with Gasteiger partial charge in [0.15, 0.2) is 0 Å². The number of phenols is 2. The number of benzene rings is 1. The second kappa shape index (κ2) is 4.84. The van der Waals surface area contributed by atoms with Crippen LogP contribution in [0.3, 0.4) is 0 Å². The Bertz CT molecular complexity index is 340. The lowest BCUT2D eigenvalue weighted by Gasteiger charge is -2.14. The average Bonchev–Trinajstić information content (AvgIpc) is 2.12. The van der Waals surface area contributed by atoms with Crippen molar-refractivity contribution in [2.75, 3.05) is 6.54 Å². The first-order chi connectivity index (χ1) is 6.99. The van der Waals surface area contributed by atoms with Gasteiger partial charge in [-0.3, -0.25) is 0 Å². The molecule has 0 aliphatic rings. The molecule has 0 bridgehead atoms. The van der Waals surface area contributed by atoms with E-state index in [4.69, 9.17) is 0 Å². The molecule has 0 fully saturated rings. The van der Waals surface area contributed by atoms with E-state index in [9.17, 15) is 10.2 Å². The molecule has 0 aliphatic heterocycles. The molecule has 3 N–H and O–H groups in total. The highest BCUT2D eigenvalue weighted by atomic mass is 16.3. The van der Waals surface area contributed by atoms with Gasteiger partial charge in [-0.25, -0.2) is 0 Å². The van der Waals surface area contributed by atoms with Gasteiger partial charge in [0.2, 0.25) is 0 Å². The normalized spacial score (nSPS) is 12.4. The third-order valence-corrected chi connectivity index (χ3v) is 2.13. The minimum Gasteiger partial charge on any atom is -0.508 e. The van der Waals surface area contributed by atoms with Crippen molar-refractivity contribution < 1.29 is 10.2 Å². The lowest BCUT2D eigenvalue weighted by Crippen LogP contribution is -2.20. The summed E-state index contributed by atoms with van der Waals surface area (Å²) in [5.41, 5.74) is 1.90. The predicted octanol–water partition coefficient (Wildman–Crippen LogP) is 2.32. The minimum atomic E-state index is 0.0692. The summed E-state index contributed by atoms with van der Waals surface area (Å²) in [7, 11) is 0. The minimum absolute atomic E-state index is 0.0692. The Morgan fingerprint density at radius 2 is 1.87 bits per heavy atom. The van der Waals surface area contributed by atoms with Crippen LogP contribution in [0.25, 0.3) is 0 Å². The van der Waals surface area contributed by atoms with E-state index in [0.717, 1.165) is 17.7 Å². The summed E-state index contributed by atoms with van der Waals surface area (Å²) in [6.45, 7) is 8.43. The number of phenolic OH excluding ortho intramolecular Hbond substituents is 2.